The molecule has 0 heterocycles. The van der Waals surface area contributed by atoms with Crippen molar-refractivity contribution in [1.29, 1.82) is 5.26 Å². The Morgan fingerprint density at radius 1 is 1.39 bits per heavy atom. The second-order valence-corrected chi connectivity index (χ2v) is 4.05. The number of amidine groups is 1. The zero-order valence-electron chi connectivity index (χ0n) is 9.45. The minimum Gasteiger partial charge on any atom is -0.272 e. The third-order valence-corrected chi connectivity index (χ3v) is 2.66. The number of nitrogens with one attached hydrogen (secondary N) is 1. The number of hydrogen-bond acceptors (Lipinski definition) is 3. The normalized spacial score (nSPS) is 12.1. The fourth-order valence-electron chi connectivity index (χ4n) is 1.17. The van der Waals surface area contributed by atoms with Gasteiger partial charge >= 0.3 is 6.18 Å². The SMILES string of the molecule is CSC(=NCc1ccc(C(F)(F)F)cc1)NC#N. The molecule has 0 saturated carbocycles. The fraction of sp³-hybridized carbons (Fsp3) is 0.273. The van der Waals surface area contributed by atoms with Crippen molar-refractivity contribution >= 4 is 16.9 Å². The van der Waals surface area contributed by atoms with E-state index >= 15 is 0 Å². The molecule has 3 nitrogen and oxygen atoms in total. The summed E-state index contributed by atoms with van der Waals surface area (Å²) in [7, 11) is 0. The van der Waals surface area contributed by atoms with Gasteiger partial charge in [-0.3, -0.25) is 10.3 Å². The van der Waals surface area contributed by atoms with Gasteiger partial charge in [0.2, 0.25) is 0 Å². The maximum atomic E-state index is 12.3. The van der Waals surface area contributed by atoms with E-state index in [9.17, 15) is 13.2 Å². The Morgan fingerprint density at radius 2 is 2.00 bits per heavy atom. The highest BCUT2D eigenvalue weighted by Crippen LogP contribution is 2.29. The summed E-state index contributed by atoms with van der Waals surface area (Å²) in [6, 6.07) is 4.77. The summed E-state index contributed by atoms with van der Waals surface area (Å²) in [6.45, 7) is 0.225. The molecule has 0 fully saturated rings. The van der Waals surface area contributed by atoms with Gasteiger partial charge in [-0.1, -0.05) is 23.9 Å². The van der Waals surface area contributed by atoms with Crippen molar-refractivity contribution in [1.82, 2.24) is 5.32 Å². The van der Waals surface area contributed by atoms with Crippen molar-refractivity contribution in [3.63, 3.8) is 0 Å². The second kappa shape index (κ2) is 6.31. The molecule has 0 atom stereocenters. The van der Waals surface area contributed by atoms with E-state index < -0.39 is 11.7 Å². The molecular formula is C11H10F3N3S. The summed E-state index contributed by atoms with van der Waals surface area (Å²) in [5, 5.41) is 11.2. The number of thioether (sulfide) groups is 1. The highest BCUT2D eigenvalue weighted by atomic mass is 32.2. The van der Waals surface area contributed by atoms with E-state index in [2.05, 4.69) is 10.3 Å². The molecule has 96 valence electrons. The number of benzene rings is 1. The number of hydrogen-bond donors (Lipinski definition) is 1. The predicted octanol–water partition coefficient (Wildman–Crippen LogP) is 3.00. The van der Waals surface area contributed by atoms with E-state index in [1.54, 1.807) is 12.4 Å². The van der Waals surface area contributed by atoms with Crippen LogP contribution in [0.1, 0.15) is 11.1 Å². The molecule has 1 aromatic carbocycles. The zero-order valence-corrected chi connectivity index (χ0v) is 10.3. The van der Waals surface area contributed by atoms with Crippen LogP contribution in [0.5, 0.6) is 0 Å². The summed E-state index contributed by atoms with van der Waals surface area (Å²) >= 11 is 1.26. The van der Waals surface area contributed by atoms with E-state index in [1.165, 1.54) is 23.9 Å². The Kier molecular flexibility index (Phi) is 5.04. The van der Waals surface area contributed by atoms with E-state index in [4.69, 9.17) is 5.26 Å². The Balaban J connectivity index is 2.73. The minimum atomic E-state index is -4.32. The van der Waals surface area contributed by atoms with E-state index in [-0.39, 0.29) is 6.54 Å². The summed E-state index contributed by atoms with van der Waals surface area (Å²) in [5.41, 5.74) is -0.0373. The van der Waals surface area contributed by atoms with Crippen LogP contribution in [0.3, 0.4) is 0 Å². The zero-order chi connectivity index (χ0) is 13.6. The van der Waals surface area contributed by atoms with Crippen LogP contribution < -0.4 is 5.32 Å². The molecule has 0 aliphatic heterocycles. The van der Waals surface area contributed by atoms with Gasteiger partial charge in [0.1, 0.15) is 0 Å². The van der Waals surface area contributed by atoms with Crippen molar-refractivity contribution in [2.24, 2.45) is 4.99 Å². The average molecular weight is 273 g/mol. The fourth-order valence-corrected chi connectivity index (χ4v) is 1.51. The van der Waals surface area contributed by atoms with Crippen LogP contribution in [0.15, 0.2) is 29.3 Å². The second-order valence-electron chi connectivity index (χ2n) is 3.26. The highest BCUT2D eigenvalue weighted by Gasteiger charge is 2.29. The first-order valence-corrected chi connectivity index (χ1v) is 6.09. The standard InChI is InChI=1S/C11H10F3N3S/c1-18-10(17-7-15)16-6-8-2-4-9(5-3-8)11(12,13)14/h2-5H,6H2,1H3,(H,16,17). The van der Waals surface area contributed by atoms with E-state index in [0.29, 0.717) is 10.7 Å². The number of nitriles is 1. The number of halogens is 3. The lowest BCUT2D eigenvalue weighted by Gasteiger charge is -2.06. The number of rotatable bonds is 2. The molecule has 0 unspecified atom stereocenters. The Hall–Kier alpha value is -1.68. The van der Waals surface area contributed by atoms with E-state index in [0.717, 1.165) is 12.1 Å². The molecular weight excluding hydrogens is 263 g/mol. The van der Waals surface area contributed by atoms with Gasteiger partial charge in [-0.25, -0.2) is 0 Å². The molecule has 1 aromatic rings. The first kappa shape index (κ1) is 14.4. The lowest BCUT2D eigenvalue weighted by molar-refractivity contribution is -0.137. The molecule has 0 aliphatic carbocycles. The predicted molar refractivity (Wildman–Crippen MR) is 64.8 cm³/mol. The third kappa shape index (κ3) is 4.30. The van der Waals surface area contributed by atoms with Crippen molar-refractivity contribution in [3.05, 3.63) is 35.4 Å². The molecule has 1 rings (SSSR count). The van der Waals surface area contributed by atoms with Gasteiger partial charge in [0, 0.05) is 0 Å². The average Bonchev–Trinajstić information content (AvgIpc) is 2.34. The van der Waals surface area contributed by atoms with Crippen LogP contribution in [0.25, 0.3) is 0 Å². The van der Waals surface area contributed by atoms with Gasteiger partial charge in [0.25, 0.3) is 0 Å². The highest BCUT2D eigenvalue weighted by molar-refractivity contribution is 8.13. The van der Waals surface area contributed by atoms with Gasteiger partial charge in [-0.15, -0.1) is 0 Å². The molecule has 0 bridgehead atoms. The van der Waals surface area contributed by atoms with Crippen LogP contribution in [0.4, 0.5) is 13.2 Å². The lowest BCUT2D eigenvalue weighted by Crippen LogP contribution is -2.13. The Labute approximate surface area is 107 Å². The van der Waals surface area contributed by atoms with Crippen LogP contribution in [-0.4, -0.2) is 11.4 Å². The van der Waals surface area contributed by atoms with Gasteiger partial charge in [-0.2, -0.15) is 18.4 Å². The first-order chi connectivity index (χ1) is 8.47. The largest absolute Gasteiger partial charge is 0.416 e. The summed E-state index contributed by atoms with van der Waals surface area (Å²) in [5.74, 6) is 0. The van der Waals surface area contributed by atoms with Gasteiger partial charge in [0.15, 0.2) is 11.4 Å². The minimum absolute atomic E-state index is 0.225. The Morgan fingerprint density at radius 3 is 2.44 bits per heavy atom. The molecule has 0 saturated heterocycles. The maximum absolute atomic E-state index is 12.3. The molecule has 0 radical (unpaired) electrons. The smallest absolute Gasteiger partial charge is 0.272 e. The van der Waals surface area contributed by atoms with Crippen molar-refractivity contribution < 1.29 is 13.2 Å². The third-order valence-electron chi connectivity index (χ3n) is 2.04. The van der Waals surface area contributed by atoms with E-state index in [1.807, 2.05) is 0 Å². The van der Waals surface area contributed by atoms with Crippen molar-refractivity contribution in [2.45, 2.75) is 12.7 Å². The molecule has 7 heteroatoms. The van der Waals surface area contributed by atoms with Crippen LogP contribution in [-0.2, 0) is 12.7 Å². The number of aliphatic imine (C=N–C) groups is 1. The van der Waals surface area contributed by atoms with Crippen molar-refractivity contribution in [3.8, 4) is 6.19 Å². The van der Waals surface area contributed by atoms with Crippen LogP contribution >= 0.6 is 11.8 Å². The Bertz CT molecular complexity index is 460. The summed E-state index contributed by atoms with van der Waals surface area (Å²) < 4.78 is 36.9. The lowest BCUT2D eigenvalue weighted by atomic mass is 10.1. The molecule has 0 aliphatic rings. The molecule has 0 spiro atoms. The molecule has 18 heavy (non-hydrogen) atoms. The van der Waals surface area contributed by atoms with Crippen LogP contribution in [0, 0.1) is 11.5 Å². The van der Waals surface area contributed by atoms with Gasteiger partial charge in [0.05, 0.1) is 12.1 Å². The first-order valence-electron chi connectivity index (χ1n) is 4.87. The maximum Gasteiger partial charge on any atom is 0.416 e. The van der Waals surface area contributed by atoms with Gasteiger partial charge in [-0.05, 0) is 24.0 Å². The molecule has 0 aromatic heterocycles. The van der Waals surface area contributed by atoms with Crippen molar-refractivity contribution in [2.75, 3.05) is 6.26 Å². The quantitative estimate of drug-likeness (QED) is 0.390. The monoisotopic (exact) mass is 273 g/mol. The number of alkyl halides is 3. The van der Waals surface area contributed by atoms with Crippen LogP contribution in [0.2, 0.25) is 0 Å². The molecule has 0 amide bonds. The topological polar surface area (TPSA) is 48.2 Å². The van der Waals surface area contributed by atoms with Gasteiger partial charge < -0.3 is 0 Å². The number of nitrogens with zero attached hydrogens (tertiary/aromatic N) is 2. The summed E-state index contributed by atoms with van der Waals surface area (Å²) in [4.78, 5) is 4.06. The summed E-state index contributed by atoms with van der Waals surface area (Å²) in [6.07, 6.45) is -0.845. The molecule has 1 N–H and O–H groups in total.